The summed E-state index contributed by atoms with van der Waals surface area (Å²) in [5.41, 5.74) is 0.753. The first-order valence-electron chi connectivity index (χ1n) is 8.04. The van der Waals surface area contributed by atoms with Crippen molar-refractivity contribution < 1.29 is 13.9 Å². The third-order valence-electron chi connectivity index (χ3n) is 3.84. The van der Waals surface area contributed by atoms with E-state index in [0.717, 1.165) is 5.56 Å². The molecule has 0 amide bonds. The van der Waals surface area contributed by atoms with Crippen LogP contribution in [0.25, 0.3) is 5.69 Å². The molecule has 0 bridgehead atoms. The maximum Gasteiger partial charge on any atom is 0.214 e. The van der Waals surface area contributed by atoms with Crippen LogP contribution >= 0.6 is 0 Å². The standard InChI is InChI=1S/C20H17FN2O3/c1-13-11-23(22-19(14(2)24)20(13)25)18-9-8-16(10-17(18)21)26-12-15-6-4-3-5-7-15/h3-11H,12H2,1-2H3. The molecule has 2 aromatic carbocycles. The number of halogens is 1. The van der Waals surface area contributed by atoms with Gasteiger partial charge in [0.05, 0.1) is 0 Å². The molecule has 0 spiro atoms. The molecule has 0 fully saturated rings. The molecule has 0 N–H and O–H groups in total. The van der Waals surface area contributed by atoms with Crippen LogP contribution in [0.3, 0.4) is 0 Å². The third kappa shape index (κ3) is 3.69. The normalized spacial score (nSPS) is 10.6. The van der Waals surface area contributed by atoms with Gasteiger partial charge in [0.25, 0.3) is 0 Å². The fraction of sp³-hybridized carbons (Fsp3) is 0.150. The van der Waals surface area contributed by atoms with Gasteiger partial charge >= 0.3 is 0 Å². The van der Waals surface area contributed by atoms with Gasteiger partial charge in [-0.05, 0) is 24.6 Å². The van der Waals surface area contributed by atoms with Gasteiger partial charge in [-0.3, -0.25) is 9.59 Å². The number of rotatable bonds is 5. The molecule has 0 aliphatic heterocycles. The number of hydrogen-bond donors (Lipinski definition) is 0. The molecular weight excluding hydrogens is 335 g/mol. The van der Waals surface area contributed by atoms with Crippen molar-refractivity contribution in [3.05, 3.63) is 87.6 Å². The summed E-state index contributed by atoms with van der Waals surface area (Å²) in [6.07, 6.45) is 1.40. The predicted octanol–water partition coefficient (Wildman–Crippen LogP) is 3.46. The number of hydrogen-bond acceptors (Lipinski definition) is 4. The lowest BCUT2D eigenvalue weighted by molar-refractivity contribution is 0.101. The second kappa shape index (κ2) is 7.31. The first-order valence-corrected chi connectivity index (χ1v) is 8.04. The first kappa shape index (κ1) is 17.5. The average Bonchev–Trinajstić information content (AvgIpc) is 2.63. The summed E-state index contributed by atoms with van der Waals surface area (Å²) in [4.78, 5) is 23.5. The number of ether oxygens (including phenoxy) is 1. The maximum absolute atomic E-state index is 14.5. The van der Waals surface area contributed by atoms with Crippen molar-refractivity contribution in [3.63, 3.8) is 0 Å². The summed E-state index contributed by atoms with van der Waals surface area (Å²) in [7, 11) is 0. The van der Waals surface area contributed by atoms with Gasteiger partial charge in [0.2, 0.25) is 5.43 Å². The summed E-state index contributed by atoms with van der Waals surface area (Å²) in [6.45, 7) is 3.14. The van der Waals surface area contributed by atoms with E-state index in [1.165, 1.54) is 29.9 Å². The fourth-order valence-corrected chi connectivity index (χ4v) is 2.47. The van der Waals surface area contributed by atoms with Crippen LogP contribution in [0, 0.1) is 12.7 Å². The lowest BCUT2D eigenvalue weighted by Gasteiger charge is -2.11. The highest BCUT2D eigenvalue weighted by atomic mass is 19.1. The van der Waals surface area contributed by atoms with Crippen LogP contribution in [0.2, 0.25) is 0 Å². The zero-order chi connectivity index (χ0) is 18.7. The molecule has 26 heavy (non-hydrogen) atoms. The smallest absolute Gasteiger partial charge is 0.214 e. The molecule has 3 aromatic rings. The molecule has 0 atom stereocenters. The Kier molecular flexibility index (Phi) is 4.93. The van der Waals surface area contributed by atoms with Crippen LogP contribution in [0.15, 0.2) is 59.5 Å². The quantitative estimate of drug-likeness (QED) is 0.660. The van der Waals surface area contributed by atoms with E-state index >= 15 is 0 Å². The van der Waals surface area contributed by atoms with Gasteiger partial charge in [-0.25, -0.2) is 9.07 Å². The number of nitrogens with zero attached hydrogens (tertiary/aromatic N) is 2. The lowest BCUT2D eigenvalue weighted by atomic mass is 10.2. The van der Waals surface area contributed by atoms with Crippen molar-refractivity contribution in [3.8, 4) is 11.4 Å². The van der Waals surface area contributed by atoms with Crippen LogP contribution in [0.5, 0.6) is 5.75 Å². The number of aromatic nitrogens is 2. The van der Waals surface area contributed by atoms with E-state index in [4.69, 9.17) is 4.74 Å². The number of aryl methyl sites for hydroxylation is 1. The van der Waals surface area contributed by atoms with Crippen molar-refractivity contribution in [2.24, 2.45) is 0 Å². The van der Waals surface area contributed by atoms with E-state index in [1.807, 2.05) is 30.3 Å². The van der Waals surface area contributed by atoms with Crippen LogP contribution in [-0.2, 0) is 6.61 Å². The maximum atomic E-state index is 14.5. The molecule has 132 valence electrons. The topological polar surface area (TPSA) is 61.2 Å². The number of benzene rings is 2. The molecule has 0 radical (unpaired) electrons. The molecule has 0 aliphatic rings. The SMILES string of the molecule is CC(=O)c1nn(-c2ccc(OCc3ccccc3)cc2F)cc(C)c1=O. The number of carbonyl (C=O) groups is 1. The van der Waals surface area contributed by atoms with E-state index < -0.39 is 17.0 Å². The fourth-order valence-electron chi connectivity index (χ4n) is 2.47. The van der Waals surface area contributed by atoms with Gasteiger partial charge in [0.1, 0.15) is 18.0 Å². The Morgan fingerprint density at radius 3 is 2.58 bits per heavy atom. The van der Waals surface area contributed by atoms with Gasteiger partial charge in [-0.2, -0.15) is 5.10 Å². The molecule has 0 unspecified atom stereocenters. The minimum absolute atomic E-state index is 0.127. The molecule has 6 heteroatoms. The summed E-state index contributed by atoms with van der Waals surface area (Å²) in [6, 6.07) is 13.9. The monoisotopic (exact) mass is 352 g/mol. The van der Waals surface area contributed by atoms with E-state index in [9.17, 15) is 14.0 Å². The Morgan fingerprint density at radius 1 is 1.19 bits per heavy atom. The molecular formula is C20H17FN2O3. The highest BCUT2D eigenvalue weighted by Gasteiger charge is 2.14. The molecule has 1 aromatic heterocycles. The van der Waals surface area contributed by atoms with Crippen molar-refractivity contribution in [1.82, 2.24) is 9.78 Å². The summed E-state index contributed by atoms with van der Waals surface area (Å²) in [5.74, 6) is -0.657. The highest BCUT2D eigenvalue weighted by molar-refractivity contribution is 5.91. The molecule has 5 nitrogen and oxygen atoms in total. The van der Waals surface area contributed by atoms with E-state index in [1.54, 1.807) is 13.0 Å². The minimum Gasteiger partial charge on any atom is -0.489 e. The van der Waals surface area contributed by atoms with Crippen molar-refractivity contribution in [2.45, 2.75) is 20.5 Å². The molecule has 0 saturated carbocycles. The summed E-state index contributed by atoms with van der Waals surface area (Å²) >= 11 is 0. The van der Waals surface area contributed by atoms with Gasteiger partial charge in [0.15, 0.2) is 17.3 Å². The van der Waals surface area contributed by atoms with Gasteiger partial charge < -0.3 is 4.74 Å². The molecule has 1 heterocycles. The van der Waals surface area contributed by atoms with Crippen LogP contribution in [-0.4, -0.2) is 15.6 Å². The Morgan fingerprint density at radius 2 is 1.92 bits per heavy atom. The van der Waals surface area contributed by atoms with Gasteiger partial charge in [0, 0.05) is 24.8 Å². The first-order chi connectivity index (χ1) is 12.5. The van der Waals surface area contributed by atoms with Crippen molar-refractivity contribution in [2.75, 3.05) is 0 Å². The van der Waals surface area contributed by atoms with Crippen molar-refractivity contribution >= 4 is 5.78 Å². The number of Topliss-reactive ketones (excluding diaryl/α,β-unsaturated/α-hetero) is 1. The van der Waals surface area contributed by atoms with Gasteiger partial charge in [-0.1, -0.05) is 30.3 Å². The summed E-state index contributed by atoms with van der Waals surface area (Å²) in [5, 5.41) is 3.96. The van der Waals surface area contributed by atoms with Crippen LogP contribution < -0.4 is 10.2 Å². The van der Waals surface area contributed by atoms with E-state index in [-0.39, 0.29) is 11.4 Å². The lowest BCUT2D eigenvalue weighted by Crippen LogP contribution is -2.22. The predicted molar refractivity (Wildman–Crippen MR) is 95.3 cm³/mol. The van der Waals surface area contributed by atoms with Crippen LogP contribution in [0.1, 0.15) is 28.5 Å². The largest absolute Gasteiger partial charge is 0.489 e. The third-order valence-corrected chi connectivity index (χ3v) is 3.84. The zero-order valence-corrected chi connectivity index (χ0v) is 14.4. The number of carbonyl (C=O) groups excluding carboxylic acids is 1. The zero-order valence-electron chi connectivity index (χ0n) is 14.4. The minimum atomic E-state index is -0.569. The van der Waals surface area contributed by atoms with E-state index in [0.29, 0.717) is 17.9 Å². The Balaban J connectivity index is 1.88. The summed E-state index contributed by atoms with van der Waals surface area (Å²) < 4.78 is 21.3. The van der Waals surface area contributed by atoms with E-state index in [2.05, 4.69) is 5.10 Å². The van der Waals surface area contributed by atoms with Gasteiger partial charge in [-0.15, -0.1) is 0 Å². The Bertz CT molecular complexity index is 1010. The Labute approximate surface area is 149 Å². The average molecular weight is 352 g/mol. The Hall–Kier alpha value is -3.28. The molecule has 0 saturated heterocycles. The molecule has 0 aliphatic carbocycles. The highest BCUT2D eigenvalue weighted by Crippen LogP contribution is 2.20. The van der Waals surface area contributed by atoms with Crippen LogP contribution in [0.4, 0.5) is 4.39 Å². The molecule has 3 rings (SSSR count). The second-order valence-corrected chi connectivity index (χ2v) is 5.88. The number of ketones is 1. The second-order valence-electron chi connectivity index (χ2n) is 5.88. The van der Waals surface area contributed by atoms with Crippen molar-refractivity contribution in [1.29, 1.82) is 0 Å².